The summed E-state index contributed by atoms with van der Waals surface area (Å²) < 4.78 is 10.6. The molecule has 2 N–H and O–H groups in total. The van der Waals surface area contributed by atoms with Crippen LogP contribution >= 0.6 is 0 Å². The first-order chi connectivity index (χ1) is 14.9. The van der Waals surface area contributed by atoms with Crippen LogP contribution in [-0.2, 0) is 23.9 Å². The molecule has 176 valence electrons. The third-order valence-electron chi connectivity index (χ3n) is 8.99. The van der Waals surface area contributed by atoms with E-state index in [0.717, 1.165) is 24.8 Å². The zero-order chi connectivity index (χ0) is 23.5. The molecule has 4 aliphatic carbocycles. The van der Waals surface area contributed by atoms with Gasteiger partial charge in [0, 0.05) is 30.6 Å². The number of carbonyl (C=O) groups excluding carboxylic acids is 3. The molecule has 0 amide bonds. The number of fused-ring (bicyclic) bond motifs is 5. The van der Waals surface area contributed by atoms with Crippen LogP contribution in [0.25, 0.3) is 0 Å². The lowest BCUT2D eigenvalue weighted by Gasteiger charge is -2.60. The number of carbonyl (C=O) groups is 3. The van der Waals surface area contributed by atoms with E-state index in [1.165, 1.54) is 13.8 Å². The predicted molar refractivity (Wildman–Crippen MR) is 115 cm³/mol. The fourth-order valence-electron chi connectivity index (χ4n) is 7.56. The summed E-state index contributed by atoms with van der Waals surface area (Å²) >= 11 is 0. The van der Waals surface area contributed by atoms with Crippen molar-refractivity contribution >= 4 is 17.7 Å². The first kappa shape index (κ1) is 23.2. The molecular formula is C25H34O7. The van der Waals surface area contributed by atoms with E-state index < -0.39 is 35.2 Å². The summed E-state index contributed by atoms with van der Waals surface area (Å²) in [5.74, 6) is -0.838. The second-order valence-corrected chi connectivity index (χ2v) is 10.6. The Kier molecular flexibility index (Phi) is 5.65. The van der Waals surface area contributed by atoms with Gasteiger partial charge in [0.2, 0.25) is 0 Å². The van der Waals surface area contributed by atoms with Crippen molar-refractivity contribution in [3.8, 4) is 0 Å². The molecule has 0 aliphatic heterocycles. The highest BCUT2D eigenvalue weighted by Crippen LogP contribution is 2.67. The van der Waals surface area contributed by atoms with Crippen LogP contribution in [0.1, 0.15) is 59.8 Å². The number of ketones is 1. The van der Waals surface area contributed by atoms with Gasteiger partial charge in [0.15, 0.2) is 11.9 Å². The van der Waals surface area contributed by atoms with E-state index in [1.54, 1.807) is 12.2 Å². The summed E-state index contributed by atoms with van der Waals surface area (Å²) in [5, 5.41) is 23.4. The van der Waals surface area contributed by atoms with Crippen molar-refractivity contribution in [3.05, 3.63) is 23.8 Å². The molecule has 0 bridgehead atoms. The summed E-state index contributed by atoms with van der Waals surface area (Å²) in [6.45, 7) is 6.42. The Morgan fingerprint density at radius 1 is 1.22 bits per heavy atom. The average Bonchev–Trinajstić information content (AvgIpc) is 2.96. The maximum atomic E-state index is 12.0. The maximum absolute atomic E-state index is 12.0. The largest absolute Gasteiger partial charge is 0.462 e. The van der Waals surface area contributed by atoms with Crippen LogP contribution in [0, 0.1) is 28.6 Å². The van der Waals surface area contributed by atoms with E-state index in [0.29, 0.717) is 12.8 Å². The number of allylic oxidation sites excluding steroid dienone is 4. The van der Waals surface area contributed by atoms with E-state index in [2.05, 4.69) is 6.92 Å². The Labute approximate surface area is 188 Å². The molecule has 0 unspecified atom stereocenters. The number of esters is 2. The Balaban J connectivity index is 1.68. The smallest absolute Gasteiger partial charge is 0.303 e. The van der Waals surface area contributed by atoms with Crippen LogP contribution in [0.5, 0.6) is 0 Å². The van der Waals surface area contributed by atoms with Crippen molar-refractivity contribution < 1.29 is 34.1 Å². The van der Waals surface area contributed by atoms with E-state index in [4.69, 9.17) is 9.47 Å². The Morgan fingerprint density at radius 3 is 2.59 bits per heavy atom. The fraction of sp³-hybridized carbons (Fsp3) is 0.720. The number of rotatable bonds is 4. The van der Waals surface area contributed by atoms with Crippen molar-refractivity contribution in [2.24, 2.45) is 28.6 Å². The highest BCUT2D eigenvalue weighted by Gasteiger charge is 2.68. The third kappa shape index (κ3) is 3.36. The number of aliphatic hydroxyl groups excluding tert-OH is 1. The van der Waals surface area contributed by atoms with Gasteiger partial charge >= 0.3 is 11.9 Å². The Morgan fingerprint density at radius 2 is 1.94 bits per heavy atom. The van der Waals surface area contributed by atoms with Gasteiger partial charge in [0.05, 0.1) is 6.10 Å². The lowest BCUT2D eigenvalue weighted by Crippen LogP contribution is -2.63. The Bertz CT molecular complexity index is 891. The number of hydrogen-bond acceptors (Lipinski definition) is 7. The molecule has 4 rings (SSSR count). The second-order valence-electron chi connectivity index (χ2n) is 10.6. The highest BCUT2D eigenvalue weighted by molar-refractivity contribution is 6.01. The van der Waals surface area contributed by atoms with Gasteiger partial charge in [0.25, 0.3) is 0 Å². The molecule has 0 aromatic rings. The lowest BCUT2D eigenvalue weighted by atomic mass is 9.46. The van der Waals surface area contributed by atoms with Gasteiger partial charge in [-0.3, -0.25) is 14.4 Å². The van der Waals surface area contributed by atoms with E-state index in [-0.39, 0.29) is 35.6 Å². The van der Waals surface area contributed by atoms with E-state index in [9.17, 15) is 24.6 Å². The Hall–Kier alpha value is -1.99. The van der Waals surface area contributed by atoms with Crippen molar-refractivity contribution in [1.82, 2.24) is 0 Å². The van der Waals surface area contributed by atoms with Gasteiger partial charge in [-0.05, 0) is 56.1 Å². The van der Waals surface area contributed by atoms with Gasteiger partial charge in [-0.2, -0.15) is 0 Å². The minimum Gasteiger partial charge on any atom is -0.462 e. The monoisotopic (exact) mass is 446 g/mol. The molecule has 7 heteroatoms. The summed E-state index contributed by atoms with van der Waals surface area (Å²) in [7, 11) is 0. The van der Waals surface area contributed by atoms with E-state index in [1.807, 2.05) is 13.0 Å². The van der Waals surface area contributed by atoms with E-state index >= 15 is 0 Å². The summed E-state index contributed by atoms with van der Waals surface area (Å²) in [6.07, 6.45) is 6.69. The zero-order valence-corrected chi connectivity index (χ0v) is 19.3. The molecule has 7 nitrogen and oxygen atoms in total. The third-order valence-corrected chi connectivity index (χ3v) is 8.99. The molecule has 0 saturated heterocycles. The SMILES string of the molecule is CC(=O)OC[C@H](OC(C)=O)[C@@]1(O)CC[C@H]2[C@@H]3CCC4=CC(=O)C=C[C@]4(C)[C@H]3[C@@H](O)C[C@@]21C. The normalized spacial score (nSPS) is 43.4. The van der Waals surface area contributed by atoms with Crippen molar-refractivity contribution in [1.29, 1.82) is 0 Å². The van der Waals surface area contributed by atoms with Gasteiger partial charge in [-0.25, -0.2) is 0 Å². The summed E-state index contributed by atoms with van der Waals surface area (Å²) in [5.41, 5.74) is -1.43. The molecular weight excluding hydrogens is 412 g/mol. The number of aliphatic hydroxyl groups is 2. The quantitative estimate of drug-likeness (QED) is 0.639. The average molecular weight is 447 g/mol. The van der Waals surface area contributed by atoms with Crippen molar-refractivity contribution in [2.75, 3.05) is 6.61 Å². The first-order valence-corrected chi connectivity index (χ1v) is 11.6. The maximum Gasteiger partial charge on any atom is 0.303 e. The minimum absolute atomic E-state index is 0.00370. The highest BCUT2D eigenvalue weighted by atomic mass is 16.6. The molecule has 8 atom stereocenters. The number of hydrogen-bond donors (Lipinski definition) is 2. The van der Waals surface area contributed by atoms with Crippen LogP contribution in [0.4, 0.5) is 0 Å². The topological polar surface area (TPSA) is 110 Å². The molecule has 32 heavy (non-hydrogen) atoms. The molecule has 0 spiro atoms. The minimum atomic E-state index is -1.42. The predicted octanol–water partition coefficient (Wildman–Crippen LogP) is 2.49. The summed E-state index contributed by atoms with van der Waals surface area (Å²) in [6, 6.07) is 0. The van der Waals surface area contributed by atoms with Gasteiger partial charge in [-0.1, -0.05) is 25.5 Å². The van der Waals surface area contributed by atoms with Gasteiger partial charge in [0.1, 0.15) is 12.2 Å². The molecule has 3 saturated carbocycles. The van der Waals surface area contributed by atoms with Gasteiger partial charge in [-0.15, -0.1) is 0 Å². The van der Waals surface area contributed by atoms with Gasteiger partial charge < -0.3 is 19.7 Å². The van der Waals surface area contributed by atoms with Crippen LogP contribution in [-0.4, -0.2) is 52.4 Å². The fourth-order valence-corrected chi connectivity index (χ4v) is 7.56. The summed E-state index contributed by atoms with van der Waals surface area (Å²) in [4.78, 5) is 35.2. The van der Waals surface area contributed by atoms with Crippen LogP contribution < -0.4 is 0 Å². The first-order valence-electron chi connectivity index (χ1n) is 11.6. The molecule has 0 aromatic heterocycles. The molecule has 4 aliphatic rings. The zero-order valence-electron chi connectivity index (χ0n) is 19.3. The van der Waals surface area contributed by atoms with Crippen molar-refractivity contribution in [3.63, 3.8) is 0 Å². The molecule has 0 heterocycles. The van der Waals surface area contributed by atoms with Crippen LogP contribution in [0.2, 0.25) is 0 Å². The standard InChI is InChI=1S/C25H34O7/c1-14(26)31-13-21(32-15(2)27)25(30)10-8-19-18-6-5-16-11-17(28)7-9-23(16,3)22(18)20(29)12-24(19,25)4/h7,9,11,18-22,29-30H,5-6,8,10,12-13H2,1-4H3/t18-,19-,20-,21-,22+,23-,24-,25-/m0/s1. The van der Waals surface area contributed by atoms with Crippen LogP contribution in [0.3, 0.4) is 0 Å². The molecule has 3 fully saturated rings. The molecule has 0 radical (unpaired) electrons. The second kappa shape index (κ2) is 7.80. The number of ether oxygens (including phenoxy) is 2. The van der Waals surface area contributed by atoms with Crippen LogP contribution in [0.15, 0.2) is 23.8 Å². The molecule has 0 aromatic carbocycles. The lowest BCUT2D eigenvalue weighted by molar-refractivity contribution is -0.218. The van der Waals surface area contributed by atoms with Crippen molar-refractivity contribution in [2.45, 2.75) is 77.6 Å².